The largest absolute Gasteiger partial charge is 0.495 e. The molecule has 7 nitrogen and oxygen atoms in total. The summed E-state index contributed by atoms with van der Waals surface area (Å²) in [6.45, 7) is 8.40. The van der Waals surface area contributed by atoms with E-state index in [0.717, 1.165) is 50.5 Å². The van der Waals surface area contributed by atoms with Crippen molar-refractivity contribution in [3.05, 3.63) is 54.1 Å². The van der Waals surface area contributed by atoms with Crippen molar-refractivity contribution in [3.63, 3.8) is 0 Å². The molecule has 1 aliphatic heterocycles. The summed E-state index contributed by atoms with van der Waals surface area (Å²) in [6.07, 6.45) is 1.87. The molecule has 0 unspecified atom stereocenters. The Labute approximate surface area is 190 Å². The summed E-state index contributed by atoms with van der Waals surface area (Å²) < 4.78 is 5.46. The lowest BCUT2D eigenvalue weighted by Gasteiger charge is -2.36. The third-order valence-corrected chi connectivity index (χ3v) is 5.65. The van der Waals surface area contributed by atoms with Gasteiger partial charge in [-0.2, -0.15) is 0 Å². The quantitative estimate of drug-likeness (QED) is 0.667. The number of nitrogens with zero attached hydrogens (tertiary/aromatic N) is 3. The van der Waals surface area contributed by atoms with Gasteiger partial charge in [0, 0.05) is 50.5 Å². The lowest BCUT2D eigenvalue weighted by molar-refractivity contribution is 0.0755. The van der Waals surface area contributed by atoms with Crippen molar-refractivity contribution in [3.8, 4) is 5.75 Å². The van der Waals surface area contributed by atoms with Crippen molar-refractivity contribution in [1.29, 1.82) is 0 Å². The monoisotopic (exact) mass is 438 g/mol. The average Bonchev–Trinajstić information content (AvgIpc) is 2.84. The van der Waals surface area contributed by atoms with Gasteiger partial charge in [0.1, 0.15) is 5.75 Å². The molecule has 2 aromatic rings. The van der Waals surface area contributed by atoms with Crippen molar-refractivity contribution in [2.24, 2.45) is 0 Å². The van der Waals surface area contributed by atoms with Gasteiger partial charge in [-0.25, -0.2) is 4.79 Å². The third kappa shape index (κ3) is 5.72. The highest BCUT2D eigenvalue weighted by molar-refractivity contribution is 5.95. The molecule has 1 N–H and O–H groups in total. The minimum Gasteiger partial charge on any atom is -0.495 e. The number of para-hydroxylation sites is 2. The highest BCUT2D eigenvalue weighted by Gasteiger charge is 2.23. The first-order valence-electron chi connectivity index (χ1n) is 11.4. The van der Waals surface area contributed by atoms with Gasteiger partial charge in [-0.05, 0) is 49.2 Å². The molecule has 7 heteroatoms. The van der Waals surface area contributed by atoms with Crippen LogP contribution in [0.2, 0.25) is 0 Å². The van der Waals surface area contributed by atoms with Crippen molar-refractivity contribution in [2.45, 2.75) is 26.7 Å². The molecule has 0 radical (unpaired) electrons. The predicted octanol–water partition coefficient (Wildman–Crippen LogP) is 4.31. The van der Waals surface area contributed by atoms with E-state index in [1.807, 2.05) is 34.1 Å². The molecule has 0 aliphatic carbocycles. The van der Waals surface area contributed by atoms with Gasteiger partial charge in [-0.3, -0.25) is 4.79 Å². The Morgan fingerprint density at radius 2 is 1.56 bits per heavy atom. The molecule has 3 amide bonds. The number of methoxy groups -OCH3 is 1. The van der Waals surface area contributed by atoms with Crippen LogP contribution in [-0.2, 0) is 0 Å². The number of hydrogen-bond acceptors (Lipinski definition) is 4. The Bertz CT molecular complexity index is 886. The highest BCUT2D eigenvalue weighted by atomic mass is 16.5. The van der Waals surface area contributed by atoms with Crippen LogP contribution in [0.25, 0.3) is 0 Å². The maximum atomic E-state index is 12.7. The molecule has 0 atom stereocenters. The molecule has 32 heavy (non-hydrogen) atoms. The Hall–Kier alpha value is -3.22. The minimum atomic E-state index is -0.123. The Kier molecular flexibility index (Phi) is 8.36. The van der Waals surface area contributed by atoms with Gasteiger partial charge in [-0.1, -0.05) is 26.0 Å². The van der Waals surface area contributed by atoms with Gasteiger partial charge in [0.05, 0.1) is 12.8 Å². The Balaban J connectivity index is 1.55. The first kappa shape index (κ1) is 23.4. The SMILES string of the molecule is CCCN(CCC)C(=O)c1ccc(NC(=O)N2CCN(c3ccccc3OC)CC2)cc1. The van der Waals surface area contributed by atoms with Crippen LogP contribution >= 0.6 is 0 Å². The molecule has 0 aromatic heterocycles. The standard InChI is InChI=1S/C25H34N4O3/c1-4-14-28(15-5-2)24(30)20-10-12-21(13-11-20)26-25(31)29-18-16-27(17-19-29)22-8-6-7-9-23(22)32-3/h6-13H,4-5,14-19H2,1-3H3,(H,26,31). The van der Waals surface area contributed by atoms with Crippen LogP contribution in [0.5, 0.6) is 5.75 Å². The molecule has 1 heterocycles. The van der Waals surface area contributed by atoms with E-state index in [2.05, 4.69) is 24.1 Å². The number of nitrogens with one attached hydrogen (secondary N) is 1. The molecule has 2 aromatic carbocycles. The van der Waals surface area contributed by atoms with E-state index in [9.17, 15) is 9.59 Å². The fraction of sp³-hybridized carbons (Fsp3) is 0.440. The summed E-state index contributed by atoms with van der Waals surface area (Å²) in [4.78, 5) is 31.4. The van der Waals surface area contributed by atoms with E-state index in [-0.39, 0.29) is 11.9 Å². The van der Waals surface area contributed by atoms with Crippen LogP contribution in [0.15, 0.2) is 48.5 Å². The molecular weight excluding hydrogens is 404 g/mol. The van der Waals surface area contributed by atoms with Gasteiger partial charge in [0.25, 0.3) is 5.91 Å². The van der Waals surface area contributed by atoms with E-state index >= 15 is 0 Å². The van der Waals surface area contributed by atoms with Crippen molar-refractivity contribution >= 4 is 23.3 Å². The summed E-state index contributed by atoms with van der Waals surface area (Å²) in [5.74, 6) is 0.885. The van der Waals surface area contributed by atoms with Gasteiger partial charge in [0.2, 0.25) is 0 Å². The number of amides is 3. The molecular formula is C25H34N4O3. The van der Waals surface area contributed by atoms with Gasteiger partial charge in [0.15, 0.2) is 0 Å². The maximum absolute atomic E-state index is 12.7. The zero-order chi connectivity index (χ0) is 22.9. The number of rotatable bonds is 8. The fourth-order valence-corrected chi connectivity index (χ4v) is 3.98. The molecule has 1 aliphatic rings. The topological polar surface area (TPSA) is 65.1 Å². The number of piperazine rings is 1. The van der Waals surface area contributed by atoms with Crippen LogP contribution < -0.4 is 15.0 Å². The summed E-state index contributed by atoms with van der Waals surface area (Å²) in [5, 5.41) is 2.95. The number of urea groups is 1. The van der Waals surface area contributed by atoms with Crippen molar-refractivity contribution < 1.29 is 14.3 Å². The molecule has 3 rings (SSSR count). The predicted molar refractivity (Wildman–Crippen MR) is 129 cm³/mol. The molecule has 172 valence electrons. The number of anilines is 2. The Morgan fingerprint density at radius 1 is 0.938 bits per heavy atom. The normalized spacial score (nSPS) is 13.6. The second-order valence-corrected chi connectivity index (χ2v) is 7.95. The molecule has 0 saturated carbocycles. The molecule has 0 spiro atoms. The van der Waals surface area contributed by atoms with Crippen LogP contribution in [-0.4, -0.2) is 68.1 Å². The Morgan fingerprint density at radius 3 is 2.16 bits per heavy atom. The summed E-state index contributed by atoms with van der Waals surface area (Å²) in [5.41, 5.74) is 2.39. The molecule has 1 fully saturated rings. The summed E-state index contributed by atoms with van der Waals surface area (Å²) >= 11 is 0. The van der Waals surface area contributed by atoms with Crippen LogP contribution in [0.1, 0.15) is 37.0 Å². The fourth-order valence-electron chi connectivity index (χ4n) is 3.98. The van der Waals surface area contributed by atoms with Gasteiger partial charge >= 0.3 is 6.03 Å². The molecule has 0 bridgehead atoms. The number of carbonyl (C=O) groups excluding carboxylic acids is 2. The average molecular weight is 439 g/mol. The smallest absolute Gasteiger partial charge is 0.321 e. The maximum Gasteiger partial charge on any atom is 0.321 e. The first-order valence-corrected chi connectivity index (χ1v) is 11.4. The zero-order valence-electron chi connectivity index (χ0n) is 19.3. The number of ether oxygens (including phenoxy) is 1. The lowest BCUT2D eigenvalue weighted by atomic mass is 10.1. The number of carbonyl (C=O) groups is 2. The number of benzene rings is 2. The van der Waals surface area contributed by atoms with Crippen molar-refractivity contribution in [1.82, 2.24) is 9.80 Å². The van der Waals surface area contributed by atoms with E-state index in [4.69, 9.17) is 4.74 Å². The second kappa shape index (κ2) is 11.4. The summed E-state index contributed by atoms with van der Waals surface area (Å²) in [6, 6.07) is 15.0. The zero-order valence-corrected chi connectivity index (χ0v) is 19.3. The van der Waals surface area contributed by atoms with E-state index < -0.39 is 0 Å². The number of hydrogen-bond donors (Lipinski definition) is 1. The van der Waals surface area contributed by atoms with Gasteiger partial charge in [-0.15, -0.1) is 0 Å². The van der Waals surface area contributed by atoms with Crippen LogP contribution in [0, 0.1) is 0 Å². The van der Waals surface area contributed by atoms with Crippen LogP contribution in [0.3, 0.4) is 0 Å². The van der Waals surface area contributed by atoms with E-state index in [0.29, 0.717) is 24.3 Å². The minimum absolute atomic E-state index is 0.0408. The second-order valence-electron chi connectivity index (χ2n) is 7.95. The first-order chi connectivity index (χ1) is 15.6. The lowest BCUT2D eigenvalue weighted by Crippen LogP contribution is -2.50. The van der Waals surface area contributed by atoms with Crippen molar-refractivity contribution in [2.75, 3.05) is 56.6 Å². The van der Waals surface area contributed by atoms with Crippen LogP contribution in [0.4, 0.5) is 16.2 Å². The van der Waals surface area contributed by atoms with E-state index in [1.54, 1.807) is 31.4 Å². The summed E-state index contributed by atoms with van der Waals surface area (Å²) in [7, 11) is 1.67. The van der Waals surface area contributed by atoms with Gasteiger partial charge < -0.3 is 24.8 Å². The third-order valence-electron chi connectivity index (χ3n) is 5.65. The molecule has 1 saturated heterocycles. The highest BCUT2D eigenvalue weighted by Crippen LogP contribution is 2.28. The van der Waals surface area contributed by atoms with E-state index in [1.165, 1.54) is 0 Å².